The van der Waals surface area contributed by atoms with Gasteiger partial charge in [0.05, 0.1) is 32.3 Å². The van der Waals surface area contributed by atoms with Gasteiger partial charge in [0.1, 0.15) is 6.10 Å². The van der Waals surface area contributed by atoms with Crippen molar-refractivity contribution in [3.8, 4) is 0 Å². The zero-order valence-electron chi connectivity index (χ0n) is 11.8. The van der Waals surface area contributed by atoms with Crippen molar-refractivity contribution in [1.82, 2.24) is 0 Å². The molecule has 0 saturated carbocycles. The van der Waals surface area contributed by atoms with E-state index in [0.717, 1.165) is 18.1 Å². The highest BCUT2D eigenvalue weighted by molar-refractivity contribution is 7.86. The molecule has 0 aliphatic carbocycles. The summed E-state index contributed by atoms with van der Waals surface area (Å²) in [7, 11) is -7.42. The summed E-state index contributed by atoms with van der Waals surface area (Å²) >= 11 is 0. The summed E-state index contributed by atoms with van der Waals surface area (Å²) in [6.45, 7) is -0.290. The minimum absolute atomic E-state index is 0.114. The Morgan fingerprint density at radius 3 is 2.10 bits per heavy atom. The maximum Gasteiger partial charge on any atom is 0.264 e. The van der Waals surface area contributed by atoms with Crippen LogP contribution < -0.4 is 0 Å². The van der Waals surface area contributed by atoms with Crippen LogP contribution in [0.3, 0.4) is 0 Å². The third kappa shape index (κ3) is 9.53. The molecule has 9 heteroatoms. The fraction of sp³-hybridized carbons (Fsp3) is 0.500. The van der Waals surface area contributed by atoms with Crippen LogP contribution in [0.2, 0.25) is 0 Å². The van der Waals surface area contributed by atoms with Crippen LogP contribution in [0.15, 0.2) is 30.3 Å². The van der Waals surface area contributed by atoms with Crippen molar-refractivity contribution in [2.45, 2.75) is 12.7 Å². The second-order valence-corrected chi connectivity index (χ2v) is 7.66. The van der Waals surface area contributed by atoms with Gasteiger partial charge in [-0.3, -0.25) is 8.37 Å². The summed E-state index contributed by atoms with van der Waals surface area (Å²) in [4.78, 5) is 0. The number of hydrogen-bond donors (Lipinski definition) is 0. The van der Waals surface area contributed by atoms with Crippen molar-refractivity contribution in [3.63, 3.8) is 0 Å². The molecular formula is C12H18O7S2. The van der Waals surface area contributed by atoms with Crippen molar-refractivity contribution in [3.05, 3.63) is 35.9 Å². The van der Waals surface area contributed by atoms with Crippen LogP contribution in [0.25, 0.3) is 0 Å². The molecule has 0 aliphatic heterocycles. The van der Waals surface area contributed by atoms with Gasteiger partial charge in [0.25, 0.3) is 20.2 Å². The van der Waals surface area contributed by atoms with Crippen molar-refractivity contribution >= 4 is 20.2 Å². The molecule has 0 unspecified atom stereocenters. The molecule has 0 saturated heterocycles. The van der Waals surface area contributed by atoms with Gasteiger partial charge in [0.15, 0.2) is 0 Å². The highest BCUT2D eigenvalue weighted by atomic mass is 32.2. The largest absolute Gasteiger partial charge is 0.374 e. The van der Waals surface area contributed by atoms with Crippen molar-refractivity contribution in [2.75, 3.05) is 25.7 Å². The quantitative estimate of drug-likeness (QED) is 0.606. The van der Waals surface area contributed by atoms with E-state index in [0.29, 0.717) is 0 Å². The van der Waals surface area contributed by atoms with Gasteiger partial charge in [0.2, 0.25) is 0 Å². The van der Waals surface area contributed by atoms with Gasteiger partial charge in [-0.15, -0.1) is 0 Å². The lowest BCUT2D eigenvalue weighted by atomic mass is 10.2. The van der Waals surface area contributed by atoms with E-state index in [4.69, 9.17) is 8.92 Å². The Morgan fingerprint density at radius 1 is 0.952 bits per heavy atom. The minimum atomic E-state index is -3.74. The highest BCUT2D eigenvalue weighted by Crippen LogP contribution is 2.05. The monoisotopic (exact) mass is 338 g/mol. The van der Waals surface area contributed by atoms with E-state index in [1.807, 2.05) is 30.3 Å². The number of ether oxygens (including phenoxy) is 1. The predicted molar refractivity (Wildman–Crippen MR) is 76.6 cm³/mol. The Hall–Kier alpha value is -1.00. The fourth-order valence-corrected chi connectivity index (χ4v) is 2.44. The molecule has 0 amide bonds. The first-order chi connectivity index (χ1) is 9.66. The van der Waals surface area contributed by atoms with E-state index in [-0.39, 0.29) is 13.2 Å². The molecule has 0 spiro atoms. The summed E-state index contributed by atoms with van der Waals surface area (Å²) in [5.41, 5.74) is 0.902. The Balaban J connectivity index is 2.52. The predicted octanol–water partition coefficient (Wildman–Crippen LogP) is 0.524. The van der Waals surface area contributed by atoms with Gasteiger partial charge in [0, 0.05) is 0 Å². The third-order valence-electron chi connectivity index (χ3n) is 2.19. The molecule has 0 N–H and O–H groups in total. The summed E-state index contributed by atoms with van der Waals surface area (Å²) < 4.78 is 58.7. The first-order valence-electron chi connectivity index (χ1n) is 6.00. The lowest BCUT2D eigenvalue weighted by Crippen LogP contribution is -2.29. The Kier molecular flexibility index (Phi) is 6.75. The van der Waals surface area contributed by atoms with Crippen LogP contribution >= 0.6 is 0 Å². The first kappa shape index (κ1) is 18.1. The molecule has 0 heterocycles. The average molecular weight is 338 g/mol. The van der Waals surface area contributed by atoms with Crippen LogP contribution in [0, 0.1) is 0 Å². The maximum atomic E-state index is 11.1. The maximum absolute atomic E-state index is 11.1. The number of rotatable bonds is 9. The van der Waals surface area contributed by atoms with E-state index in [2.05, 4.69) is 4.18 Å². The molecule has 120 valence electrons. The smallest absolute Gasteiger partial charge is 0.264 e. The topological polar surface area (TPSA) is 96.0 Å². The minimum Gasteiger partial charge on any atom is -0.374 e. The van der Waals surface area contributed by atoms with Gasteiger partial charge in [-0.25, -0.2) is 0 Å². The summed E-state index contributed by atoms with van der Waals surface area (Å²) in [5.74, 6) is 0. The summed E-state index contributed by atoms with van der Waals surface area (Å²) in [5, 5.41) is 0. The average Bonchev–Trinajstić information content (AvgIpc) is 2.34. The standard InChI is InChI=1S/C12H18O7S2/c1-20(13,14)18-10-12(19-21(2,15)16)9-17-8-11-6-4-3-5-7-11/h3-7,12H,8-10H2,1-2H3/t12-/m1/s1. The Labute approximate surface area is 125 Å². The van der Waals surface area contributed by atoms with Crippen LogP contribution in [-0.4, -0.2) is 48.7 Å². The van der Waals surface area contributed by atoms with E-state index < -0.39 is 32.9 Å². The van der Waals surface area contributed by atoms with Crippen LogP contribution in [-0.2, 0) is 39.9 Å². The lowest BCUT2D eigenvalue weighted by Gasteiger charge is -2.16. The van der Waals surface area contributed by atoms with Gasteiger partial charge in [-0.1, -0.05) is 30.3 Å². The van der Waals surface area contributed by atoms with Gasteiger partial charge in [-0.2, -0.15) is 16.8 Å². The lowest BCUT2D eigenvalue weighted by molar-refractivity contribution is 0.0235. The Bertz CT molecular complexity index is 623. The Morgan fingerprint density at radius 2 is 1.57 bits per heavy atom. The molecule has 0 aliphatic rings. The van der Waals surface area contributed by atoms with E-state index in [1.54, 1.807) is 0 Å². The molecule has 1 aromatic carbocycles. The van der Waals surface area contributed by atoms with E-state index in [1.165, 1.54) is 0 Å². The number of hydrogen-bond acceptors (Lipinski definition) is 7. The molecule has 1 rings (SSSR count). The van der Waals surface area contributed by atoms with Crippen LogP contribution in [0.1, 0.15) is 5.56 Å². The molecule has 0 bridgehead atoms. The van der Waals surface area contributed by atoms with Crippen molar-refractivity contribution in [1.29, 1.82) is 0 Å². The molecule has 1 aromatic rings. The van der Waals surface area contributed by atoms with Gasteiger partial charge in [-0.05, 0) is 5.56 Å². The summed E-state index contributed by atoms with van der Waals surface area (Å²) in [6.07, 6.45) is 0.714. The fourth-order valence-electron chi connectivity index (χ4n) is 1.43. The van der Waals surface area contributed by atoms with E-state index in [9.17, 15) is 16.8 Å². The molecule has 21 heavy (non-hydrogen) atoms. The van der Waals surface area contributed by atoms with Crippen LogP contribution in [0.5, 0.6) is 0 Å². The summed E-state index contributed by atoms with van der Waals surface area (Å²) in [6, 6.07) is 9.24. The molecule has 0 fully saturated rings. The van der Waals surface area contributed by atoms with Gasteiger partial charge < -0.3 is 4.74 Å². The van der Waals surface area contributed by atoms with Crippen LogP contribution in [0.4, 0.5) is 0 Å². The first-order valence-corrected chi connectivity index (χ1v) is 9.63. The molecule has 0 radical (unpaired) electrons. The molecule has 0 aromatic heterocycles. The zero-order chi connectivity index (χ0) is 15.9. The molecule has 7 nitrogen and oxygen atoms in total. The second-order valence-electron chi connectivity index (χ2n) is 4.41. The van der Waals surface area contributed by atoms with E-state index >= 15 is 0 Å². The van der Waals surface area contributed by atoms with Crippen molar-refractivity contribution < 1.29 is 29.9 Å². The SMILES string of the molecule is CS(=O)(=O)OC[C@@H](COCc1ccccc1)OS(C)(=O)=O. The van der Waals surface area contributed by atoms with Gasteiger partial charge >= 0.3 is 0 Å². The number of benzene rings is 1. The molecule has 1 atom stereocenters. The second kappa shape index (κ2) is 7.85. The molecular weight excluding hydrogens is 320 g/mol. The highest BCUT2D eigenvalue weighted by Gasteiger charge is 2.18. The third-order valence-corrected chi connectivity index (χ3v) is 3.38. The zero-order valence-corrected chi connectivity index (χ0v) is 13.4. The normalized spacial score (nSPS) is 14.0. The van der Waals surface area contributed by atoms with Crippen molar-refractivity contribution in [2.24, 2.45) is 0 Å².